The maximum Gasteiger partial charge on any atom is 0.320 e. The summed E-state index contributed by atoms with van der Waals surface area (Å²) in [4.78, 5) is 22.9. The number of fused-ring (bicyclic) bond motifs is 1. The fraction of sp³-hybridized carbons (Fsp3) is 0.240. The van der Waals surface area contributed by atoms with Crippen LogP contribution in [0.25, 0.3) is 0 Å². The van der Waals surface area contributed by atoms with Crippen LogP contribution in [0.5, 0.6) is 11.5 Å². The van der Waals surface area contributed by atoms with Gasteiger partial charge in [0.2, 0.25) is 15.7 Å². The highest BCUT2D eigenvalue weighted by molar-refractivity contribution is 7.92. The van der Waals surface area contributed by atoms with Crippen LogP contribution in [0.3, 0.4) is 0 Å². The van der Waals surface area contributed by atoms with Gasteiger partial charge in [-0.25, -0.2) is 18.4 Å². The molecule has 9 nitrogen and oxygen atoms in total. The van der Waals surface area contributed by atoms with Crippen LogP contribution in [0.15, 0.2) is 48.8 Å². The van der Waals surface area contributed by atoms with Crippen molar-refractivity contribution in [3.05, 3.63) is 78.4 Å². The van der Waals surface area contributed by atoms with Crippen molar-refractivity contribution in [3.8, 4) is 11.5 Å². The fourth-order valence-electron chi connectivity index (χ4n) is 3.74. The summed E-state index contributed by atoms with van der Waals surface area (Å²) in [5.74, 6) is 0.407. The van der Waals surface area contributed by atoms with Gasteiger partial charge in [-0.05, 0) is 36.4 Å². The molecule has 2 heterocycles. The lowest BCUT2D eigenvalue weighted by Gasteiger charge is -2.22. The zero-order valence-corrected chi connectivity index (χ0v) is 22.1. The standard InChI is InChI=1S/C25H24Cl2N5O4S/c1-16(2)37(34,35)14-23(33)28-9-11-32-10-8-21-24(32)25(30-15-29-21)31-18-6-7-22(20(27)13-18)36-19-5-3-4-17(26)12-19/h3-7,12-13,15-16H,1-2,8-11,14H2,(H-,28,29,30,31,33)/q+1/p+1. The molecule has 0 unspecified atom stereocenters. The van der Waals surface area contributed by atoms with E-state index in [2.05, 4.69) is 34.4 Å². The Labute approximate surface area is 226 Å². The molecule has 2 aromatic carbocycles. The lowest BCUT2D eigenvalue weighted by atomic mass is 10.2. The first-order chi connectivity index (χ1) is 17.6. The van der Waals surface area contributed by atoms with Gasteiger partial charge in [0.1, 0.15) is 43.1 Å². The smallest absolute Gasteiger partial charge is 0.320 e. The summed E-state index contributed by atoms with van der Waals surface area (Å²) in [6.45, 7) is 8.15. The van der Waals surface area contributed by atoms with Gasteiger partial charge >= 0.3 is 5.25 Å². The quantitative estimate of drug-likeness (QED) is 0.353. The number of anilines is 3. The van der Waals surface area contributed by atoms with Gasteiger partial charge < -0.3 is 20.3 Å². The Hall–Kier alpha value is -3.34. The van der Waals surface area contributed by atoms with Gasteiger partial charge in [-0.3, -0.25) is 4.79 Å². The molecule has 1 aromatic heterocycles. The van der Waals surface area contributed by atoms with E-state index >= 15 is 0 Å². The van der Waals surface area contributed by atoms with Crippen LogP contribution < -0.4 is 20.3 Å². The molecule has 37 heavy (non-hydrogen) atoms. The molecule has 12 heteroatoms. The highest BCUT2D eigenvalue weighted by Gasteiger charge is 2.31. The van der Waals surface area contributed by atoms with Crippen molar-refractivity contribution in [1.29, 1.82) is 0 Å². The normalized spacial score (nSPS) is 12.9. The van der Waals surface area contributed by atoms with E-state index in [1.165, 1.54) is 6.33 Å². The van der Waals surface area contributed by atoms with E-state index in [4.69, 9.17) is 27.9 Å². The highest BCUT2D eigenvalue weighted by Crippen LogP contribution is 2.36. The lowest BCUT2D eigenvalue weighted by molar-refractivity contribution is -0.118. The van der Waals surface area contributed by atoms with Gasteiger partial charge in [0, 0.05) is 36.8 Å². The van der Waals surface area contributed by atoms with E-state index in [9.17, 15) is 13.2 Å². The number of hydrogen-bond acceptors (Lipinski definition) is 8. The molecule has 0 spiro atoms. The van der Waals surface area contributed by atoms with Crippen molar-refractivity contribution < 1.29 is 17.9 Å². The molecule has 192 valence electrons. The largest absolute Gasteiger partial charge is 0.456 e. The SMILES string of the molecule is [CH2+]C([CH2+])S(=O)(=O)CC(=O)NCCN1CCc2ncnc(Nc3ccc(Oc4cccc(Cl)c4)c(Cl)c3)c21. The van der Waals surface area contributed by atoms with Crippen molar-refractivity contribution in [3.63, 3.8) is 0 Å². The summed E-state index contributed by atoms with van der Waals surface area (Å²) < 4.78 is 29.5. The lowest BCUT2D eigenvalue weighted by Crippen LogP contribution is -2.38. The number of hydrogen-bond donors (Lipinski definition) is 2. The van der Waals surface area contributed by atoms with Crippen LogP contribution in [-0.4, -0.2) is 54.9 Å². The zero-order valence-electron chi connectivity index (χ0n) is 19.8. The average molecular weight is 562 g/mol. The van der Waals surface area contributed by atoms with E-state index in [1.807, 2.05) is 11.0 Å². The number of rotatable bonds is 10. The molecule has 3 aromatic rings. The third-order valence-corrected chi connectivity index (χ3v) is 7.81. The summed E-state index contributed by atoms with van der Waals surface area (Å²) in [6, 6.07) is 12.3. The number of aromatic nitrogens is 2. The van der Waals surface area contributed by atoms with E-state index in [-0.39, 0.29) is 6.54 Å². The fourth-order valence-corrected chi connectivity index (χ4v) is 4.84. The number of carbonyl (C=O) groups excluding carboxylic acids is 1. The second kappa shape index (κ2) is 11.4. The molecule has 0 fully saturated rings. The summed E-state index contributed by atoms with van der Waals surface area (Å²) in [7, 11) is -3.67. The van der Waals surface area contributed by atoms with Crippen molar-refractivity contribution in [2.75, 3.05) is 35.6 Å². The first kappa shape index (κ1) is 26.7. The molecule has 0 saturated carbocycles. The minimum atomic E-state index is -3.67. The molecule has 1 amide bonds. The topological polar surface area (TPSA) is 114 Å². The van der Waals surface area contributed by atoms with Crippen LogP contribution in [0.1, 0.15) is 5.69 Å². The predicted molar refractivity (Wildman–Crippen MR) is 146 cm³/mol. The Morgan fingerprint density at radius 3 is 2.70 bits per heavy atom. The molecule has 0 atom stereocenters. The van der Waals surface area contributed by atoms with Gasteiger partial charge in [0.25, 0.3) is 0 Å². The maximum atomic E-state index is 12.1. The number of sulfone groups is 1. The van der Waals surface area contributed by atoms with Gasteiger partial charge in [-0.2, -0.15) is 0 Å². The minimum Gasteiger partial charge on any atom is -0.456 e. The molecule has 0 saturated heterocycles. The van der Waals surface area contributed by atoms with Crippen molar-refractivity contribution >= 4 is 56.1 Å². The number of amides is 1. The summed E-state index contributed by atoms with van der Waals surface area (Å²) in [5.41, 5.74) is 2.39. The van der Waals surface area contributed by atoms with E-state index in [0.29, 0.717) is 52.6 Å². The Bertz CT molecular complexity index is 1400. The number of nitrogens with one attached hydrogen (secondary N) is 2. The Morgan fingerprint density at radius 2 is 1.97 bits per heavy atom. The highest BCUT2D eigenvalue weighted by atomic mass is 35.5. The van der Waals surface area contributed by atoms with Gasteiger partial charge in [0.05, 0.1) is 10.7 Å². The van der Waals surface area contributed by atoms with E-state index in [1.54, 1.807) is 36.4 Å². The number of ether oxygens (including phenoxy) is 1. The second-order valence-electron chi connectivity index (χ2n) is 8.36. The average Bonchev–Trinajstić information content (AvgIpc) is 3.24. The molecule has 1 aliphatic heterocycles. The van der Waals surface area contributed by atoms with Gasteiger partial charge in [-0.1, -0.05) is 29.3 Å². The summed E-state index contributed by atoms with van der Waals surface area (Å²) in [5, 5.41) is 5.79. The van der Waals surface area contributed by atoms with Crippen molar-refractivity contribution in [2.45, 2.75) is 11.7 Å². The molecule has 1 aliphatic rings. The zero-order chi connectivity index (χ0) is 26.6. The number of nitrogens with zero attached hydrogens (tertiary/aromatic N) is 3. The summed E-state index contributed by atoms with van der Waals surface area (Å²) in [6.07, 6.45) is 2.20. The maximum absolute atomic E-state index is 12.1. The first-order valence-corrected chi connectivity index (χ1v) is 13.8. The van der Waals surface area contributed by atoms with Crippen LogP contribution in [0, 0.1) is 13.8 Å². The molecule has 0 aliphatic carbocycles. The Balaban J connectivity index is 1.41. The number of carbonyl (C=O) groups is 1. The predicted octanol–water partition coefficient (Wildman–Crippen LogP) is 4.25. The summed E-state index contributed by atoms with van der Waals surface area (Å²) >= 11 is 12.5. The van der Waals surface area contributed by atoms with Crippen molar-refractivity contribution in [2.24, 2.45) is 0 Å². The minimum absolute atomic E-state index is 0.252. The van der Waals surface area contributed by atoms with Crippen LogP contribution >= 0.6 is 23.2 Å². The van der Waals surface area contributed by atoms with E-state index < -0.39 is 26.7 Å². The third-order valence-electron chi connectivity index (χ3n) is 5.60. The van der Waals surface area contributed by atoms with Crippen molar-refractivity contribution in [1.82, 2.24) is 15.3 Å². The Kier molecular flexibility index (Phi) is 8.21. The second-order valence-corrected chi connectivity index (χ2v) is 11.5. The van der Waals surface area contributed by atoms with Crippen LogP contribution in [-0.2, 0) is 21.1 Å². The van der Waals surface area contributed by atoms with Gasteiger partial charge in [-0.15, -0.1) is 0 Å². The Morgan fingerprint density at radius 1 is 1.16 bits per heavy atom. The first-order valence-electron chi connectivity index (χ1n) is 11.4. The molecule has 0 radical (unpaired) electrons. The molecular formula is C25H25Cl2N5O4S+2. The number of benzene rings is 2. The monoisotopic (exact) mass is 561 g/mol. The number of halogens is 2. The molecule has 4 rings (SSSR count). The third kappa shape index (κ3) is 6.71. The van der Waals surface area contributed by atoms with Crippen LogP contribution in [0.4, 0.5) is 17.2 Å². The van der Waals surface area contributed by atoms with Crippen LogP contribution in [0.2, 0.25) is 10.0 Å². The molecule has 0 bridgehead atoms. The van der Waals surface area contributed by atoms with Gasteiger partial charge in [0.15, 0.2) is 5.82 Å². The molecular weight excluding hydrogens is 537 g/mol. The molecule has 2 N–H and O–H groups in total. The van der Waals surface area contributed by atoms with E-state index in [0.717, 1.165) is 11.4 Å².